The summed E-state index contributed by atoms with van der Waals surface area (Å²) in [5.41, 5.74) is 13.5. The zero-order valence-electron chi connectivity index (χ0n) is 15.2. The predicted octanol–water partition coefficient (Wildman–Crippen LogP) is 3.24. The van der Waals surface area contributed by atoms with Crippen LogP contribution in [0, 0.1) is 0 Å². The number of aromatic nitrogens is 2. The molecule has 0 bridgehead atoms. The highest BCUT2D eigenvalue weighted by Gasteiger charge is 2.12. The maximum atomic E-state index is 12.4. The standard InChI is InChI=1S/C20H17Cl2N5O2/c21-13-5-4-12(16(22)9-13)8-17(28)26-14-3-1-2-11(6-14)7-15-10-25-19(23)18(27-15)20(24)29/h1-6,9-10H,7-8H2,(H2,23,25)(H2,24,29)(H,26,28). The summed E-state index contributed by atoms with van der Waals surface area (Å²) >= 11 is 12.0. The molecular weight excluding hydrogens is 413 g/mol. The summed E-state index contributed by atoms with van der Waals surface area (Å²) < 4.78 is 0. The second-order valence-electron chi connectivity index (χ2n) is 6.30. The number of amides is 2. The average molecular weight is 430 g/mol. The number of nitrogen functional groups attached to an aromatic ring is 1. The molecule has 0 spiro atoms. The molecule has 3 aromatic rings. The minimum Gasteiger partial charge on any atom is -0.382 e. The van der Waals surface area contributed by atoms with E-state index in [0.717, 1.165) is 5.56 Å². The molecule has 29 heavy (non-hydrogen) atoms. The number of hydrogen-bond acceptors (Lipinski definition) is 5. The monoisotopic (exact) mass is 429 g/mol. The van der Waals surface area contributed by atoms with E-state index in [1.165, 1.54) is 6.20 Å². The van der Waals surface area contributed by atoms with Crippen molar-refractivity contribution < 1.29 is 9.59 Å². The van der Waals surface area contributed by atoms with Crippen LogP contribution in [0.4, 0.5) is 11.5 Å². The van der Waals surface area contributed by atoms with Crippen LogP contribution >= 0.6 is 23.2 Å². The third-order valence-corrected chi connectivity index (χ3v) is 4.63. The first kappa shape index (κ1) is 20.6. The van der Waals surface area contributed by atoms with Crippen LogP contribution in [0.1, 0.15) is 27.3 Å². The fourth-order valence-corrected chi connectivity index (χ4v) is 3.19. The molecule has 1 aromatic heterocycles. The van der Waals surface area contributed by atoms with Gasteiger partial charge in [0.2, 0.25) is 5.91 Å². The van der Waals surface area contributed by atoms with Gasteiger partial charge in [0, 0.05) is 22.2 Å². The smallest absolute Gasteiger partial charge is 0.271 e. The fourth-order valence-electron chi connectivity index (χ4n) is 2.71. The lowest BCUT2D eigenvalue weighted by atomic mass is 10.1. The highest BCUT2D eigenvalue weighted by atomic mass is 35.5. The molecular formula is C20H17Cl2N5O2. The molecule has 148 valence electrons. The number of carbonyl (C=O) groups is 2. The van der Waals surface area contributed by atoms with Crippen molar-refractivity contribution in [1.29, 1.82) is 0 Å². The van der Waals surface area contributed by atoms with Gasteiger partial charge in [-0.25, -0.2) is 9.97 Å². The summed E-state index contributed by atoms with van der Waals surface area (Å²) in [5.74, 6) is -0.962. The van der Waals surface area contributed by atoms with Gasteiger partial charge in [-0.3, -0.25) is 9.59 Å². The van der Waals surface area contributed by atoms with Gasteiger partial charge in [-0.1, -0.05) is 41.4 Å². The van der Waals surface area contributed by atoms with E-state index in [4.69, 9.17) is 34.7 Å². The number of nitrogens with one attached hydrogen (secondary N) is 1. The number of hydrogen-bond donors (Lipinski definition) is 3. The van der Waals surface area contributed by atoms with Crippen molar-refractivity contribution in [2.24, 2.45) is 5.73 Å². The lowest BCUT2D eigenvalue weighted by molar-refractivity contribution is -0.115. The first-order chi connectivity index (χ1) is 13.8. The van der Waals surface area contributed by atoms with Gasteiger partial charge in [-0.05, 0) is 35.4 Å². The molecule has 0 saturated heterocycles. The van der Waals surface area contributed by atoms with Crippen molar-refractivity contribution in [3.05, 3.63) is 81.2 Å². The van der Waals surface area contributed by atoms with Crippen LogP contribution in [-0.2, 0) is 17.6 Å². The van der Waals surface area contributed by atoms with Crippen molar-refractivity contribution in [3.8, 4) is 0 Å². The van der Waals surface area contributed by atoms with E-state index >= 15 is 0 Å². The number of halogens is 2. The van der Waals surface area contributed by atoms with Crippen LogP contribution in [0.25, 0.3) is 0 Å². The minimum atomic E-state index is -0.737. The molecule has 5 N–H and O–H groups in total. The Kier molecular flexibility index (Phi) is 6.31. The van der Waals surface area contributed by atoms with Crippen LogP contribution < -0.4 is 16.8 Å². The molecule has 3 rings (SSSR count). The lowest BCUT2D eigenvalue weighted by Gasteiger charge is -2.09. The van der Waals surface area contributed by atoms with Gasteiger partial charge >= 0.3 is 0 Å². The number of rotatable bonds is 6. The van der Waals surface area contributed by atoms with E-state index < -0.39 is 5.91 Å². The Labute approximate surface area is 177 Å². The zero-order valence-corrected chi connectivity index (χ0v) is 16.7. The number of anilines is 2. The van der Waals surface area contributed by atoms with Crippen LogP contribution in [0.2, 0.25) is 10.0 Å². The largest absolute Gasteiger partial charge is 0.382 e. The fraction of sp³-hybridized carbons (Fsp3) is 0.100. The molecule has 0 atom stereocenters. The maximum absolute atomic E-state index is 12.4. The van der Waals surface area contributed by atoms with Gasteiger partial charge < -0.3 is 16.8 Å². The van der Waals surface area contributed by atoms with Gasteiger partial charge in [0.25, 0.3) is 5.91 Å². The van der Waals surface area contributed by atoms with Crippen molar-refractivity contribution in [2.75, 3.05) is 11.1 Å². The molecule has 9 heteroatoms. The molecule has 2 amide bonds. The quantitative estimate of drug-likeness (QED) is 0.554. The first-order valence-electron chi connectivity index (χ1n) is 8.55. The van der Waals surface area contributed by atoms with Crippen LogP contribution in [-0.4, -0.2) is 21.8 Å². The number of nitrogens with zero attached hydrogens (tertiary/aromatic N) is 2. The topological polar surface area (TPSA) is 124 Å². The Bertz CT molecular complexity index is 1090. The Morgan fingerprint density at radius 3 is 2.62 bits per heavy atom. The normalized spacial score (nSPS) is 10.6. The third-order valence-electron chi connectivity index (χ3n) is 4.05. The zero-order chi connectivity index (χ0) is 21.0. The Balaban J connectivity index is 1.70. The van der Waals surface area contributed by atoms with Crippen LogP contribution in [0.3, 0.4) is 0 Å². The highest BCUT2D eigenvalue weighted by molar-refractivity contribution is 6.35. The maximum Gasteiger partial charge on any atom is 0.271 e. The summed E-state index contributed by atoms with van der Waals surface area (Å²) in [7, 11) is 0. The van der Waals surface area contributed by atoms with Crippen molar-refractivity contribution in [2.45, 2.75) is 12.8 Å². The molecule has 2 aromatic carbocycles. The molecule has 0 aliphatic carbocycles. The van der Waals surface area contributed by atoms with Gasteiger partial charge in [-0.2, -0.15) is 0 Å². The first-order valence-corrected chi connectivity index (χ1v) is 9.31. The summed E-state index contributed by atoms with van der Waals surface area (Å²) in [4.78, 5) is 31.8. The van der Waals surface area contributed by atoms with E-state index in [1.807, 2.05) is 12.1 Å². The van der Waals surface area contributed by atoms with E-state index in [-0.39, 0.29) is 23.8 Å². The Morgan fingerprint density at radius 1 is 1.10 bits per heavy atom. The molecule has 0 aliphatic rings. The van der Waals surface area contributed by atoms with Gasteiger partial charge in [0.15, 0.2) is 11.5 Å². The molecule has 0 unspecified atom stereocenters. The summed E-state index contributed by atoms with van der Waals surface area (Å²) in [6.45, 7) is 0. The van der Waals surface area contributed by atoms with Crippen molar-refractivity contribution >= 4 is 46.5 Å². The predicted molar refractivity (Wildman–Crippen MR) is 113 cm³/mol. The van der Waals surface area contributed by atoms with E-state index in [9.17, 15) is 9.59 Å². The van der Waals surface area contributed by atoms with E-state index in [0.29, 0.717) is 33.4 Å². The molecule has 0 fully saturated rings. The molecule has 0 radical (unpaired) electrons. The SMILES string of the molecule is NC(=O)c1nc(Cc2cccc(NC(=O)Cc3ccc(Cl)cc3Cl)c2)cnc1N. The van der Waals surface area contributed by atoms with Crippen molar-refractivity contribution in [3.63, 3.8) is 0 Å². The lowest BCUT2D eigenvalue weighted by Crippen LogP contribution is -2.17. The number of carbonyl (C=O) groups excluding carboxylic acids is 2. The highest BCUT2D eigenvalue weighted by Crippen LogP contribution is 2.22. The summed E-state index contributed by atoms with van der Waals surface area (Å²) in [6.07, 6.45) is 1.99. The number of benzene rings is 2. The molecule has 1 heterocycles. The summed E-state index contributed by atoms with van der Waals surface area (Å²) in [6, 6.07) is 12.3. The third kappa shape index (κ3) is 5.43. The minimum absolute atomic E-state index is 0.0110. The number of primary amides is 1. The van der Waals surface area contributed by atoms with E-state index in [2.05, 4.69) is 15.3 Å². The van der Waals surface area contributed by atoms with Crippen LogP contribution in [0.5, 0.6) is 0 Å². The average Bonchev–Trinajstić information content (AvgIpc) is 2.65. The van der Waals surface area contributed by atoms with Crippen molar-refractivity contribution in [1.82, 2.24) is 9.97 Å². The van der Waals surface area contributed by atoms with Crippen LogP contribution in [0.15, 0.2) is 48.7 Å². The van der Waals surface area contributed by atoms with Gasteiger partial charge in [-0.15, -0.1) is 0 Å². The number of nitrogens with two attached hydrogens (primary N) is 2. The van der Waals surface area contributed by atoms with Gasteiger partial charge in [0.1, 0.15) is 0 Å². The van der Waals surface area contributed by atoms with E-state index in [1.54, 1.807) is 30.3 Å². The summed E-state index contributed by atoms with van der Waals surface area (Å²) in [5, 5.41) is 3.79. The van der Waals surface area contributed by atoms with Gasteiger partial charge in [0.05, 0.1) is 18.3 Å². The molecule has 0 aliphatic heterocycles. The second kappa shape index (κ2) is 8.89. The molecule has 0 saturated carbocycles. The molecule has 7 nitrogen and oxygen atoms in total. The second-order valence-corrected chi connectivity index (χ2v) is 7.14. The Morgan fingerprint density at radius 2 is 1.90 bits per heavy atom. The Hall–Kier alpha value is -3.16.